The van der Waals surface area contributed by atoms with Gasteiger partial charge in [-0.1, -0.05) is 12.1 Å². The lowest BCUT2D eigenvalue weighted by Crippen LogP contribution is -2.53. The third-order valence-corrected chi connectivity index (χ3v) is 4.47. The van der Waals surface area contributed by atoms with E-state index in [2.05, 4.69) is 11.4 Å². The van der Waals surface area contributed by atoms with Crippen LogP contribution in [0.15, 0.2) is 24.3 Å². The Bertz CT molecular complexity index is 607. The number of morpholine rings is 1. The molecule has 2 amide bonds. The second-order valence-electron chi connectivity index (χ2n) is 6.52. The van der Waals surface area contributed by atoms with Crippen LogP contribution in [0, 0.1) is 17.2 Å². The first-order valence-electron chi connectivity index (χ1n) is 8.33. The number of hydrogen-bond donors (Lipinski definition) is 1. The van der Waals surface area contributed by atoms with Gasteiger partial charge in [-0.3, -0.25) is 0 Å². The summed E-state index contributed by atoms with van der Waals surface area (Å²) in [5.41, 5.74) is 1.72. The number of nitriles is 1. The van der Waals surface area contributed by atoms with Gasteiger partial charge in [-0.2, -0.15) is 5.26 Å². The van der Waals surface area contributed by atoms with Crippen LogP contribution in [-0.4, -0.2) is 42.8 Å². The highest BCUT2D eigenvalue weighted by Gasteiger charge is 2.38. The molecule has 23 heavy (non-hydrogen) atoms. The molecule has 1 aromatic rings. The first-order chi connectivity index (χ1) is 11.2. The van der Waals surface area contributed by atoms with Crippen molar-refractivity contribution in [1.29, 1.82) is 5.26 Å². The normalized spacial score (nSPS) is 24.1. The van der Waals surface area contributed by atoms with Gasteiger partial charge in [0.25, 0.3) is 0 Å². The van der Waals surface area contributed by atoms with Crippen LogP contribution in [0.4, 0.5) is 4.79 Å². The largest absolute Gasteiger partial charge is 0.371 e. The number of nitrogens with one attached hydrogen (secondary N) is 1. The Hall–Kier alpha value is -2.06. The van der Waals surface area contributed by atoms with Gasteiger partial charge >= 0.3 is 6.03 Å². The van der Waals surface area contributed by atoms with Gasteiger partial charge in [-0.25, -0.2) is 4.79 Å². The molecular weight excluding hydrogens is 290 g/mol. The van der Waals surface area contributed by atoms with E-state index in [1.807, 2.05) is 30.0 Å². The summed E-state index contributed by atoms with van der Waals surface area (Å²) in [4.78, 5) is 14.2. The molecule has 0 unspecified atom stereocenters. The van der Waals surface area contributed by atoms with Crippen molar-refractivity contribution >= 4 is 6.03 Å². The Kier molecular flexibility index (Phi) is 4.82. The minimum atomic E-state index is -0.0118. The third kappa shape index (κ3) is 4.23. The van der Waals surface area contributed by atoms with Crippen LogP contribution in [0.2, 0.25) is 0 Å². The number of urea groups is 1. The van der Waals surface area contributed by atoms with Crippen LogP contribution >= 0.6 is 0 Å². The molecule has 0 radical (unpaired) electrons. The number of nitrogens with zero attached hydrogens (tertiary/aromatic N) is 2. The van der Waals surface area contributed by atoms with E-state index in [4.69, 9.17) is 10.00 Å². The van der Waals surface area contributed by atoms with E-state index in [1.165, 1.54) is 12.8 Å². The molecule has 5 heteroatoms. The van der Waals surface area contributed by atoms with Crippen molar-refractivity contribution in [3.8, 4) is 6.07 Å². The van der Waals surface area contributed by atoms with E-state index in [1.54, 1.807) is 6.07 Å². The Morgan fingerprint density at radius 3 is 3.00 bits per heavy atom. The first-order valence-corrected chi connectivity index (χ1v) is 8.33. The summed E-state index contributed by atoms with van der Waals surface area (Å²) >= 11 is 0. The maximum Gasteiger partial charge on any atom is 0.317 e. The van der Waals surface area contributed by atoms with Crippen LogP contribution in [0.5, 0.6) is 0 Å². The Morgan fingerprint density at radius 1 is 1.43 bits per heavy atom. The summed E-state index contributed by atoms with van der Waals surface area (Å²) in [6.45, 7) is 3.96. The SMILES string of the molecule is C[C@H]1CN(C(=O)NCCc2cccc(C#N)c2)C[C@H](C2CC2)O1. The van der Waals surface area contributed by atoms with Gasteiger partial charge in [0.05, 0.1) is 23.8 Å². The number of amides is 2. The Morgan fingerprint density at radius 2 is 2.26 bits per heavy atom. The summed E-state index contributed by atoms with van der Waals surface area (Å²) in [6, 6.07) is 9.63. The maximum atomic E-state index is 12.4. The third-order valence-electron chi connectivity index (χ3n) is 4.47. The summed E-state index contributed by atoms with van der Waals surface area (Å²) in [7, 11) is 0. The smallest absolute Gasteiger partial charge is 0.317 e. The fourth-order valence-electron chi connectivity index (χ4n) is 3.10. The fraction of sp³-hybridized carbons (Fsp3) is 0.556. The average Bonchev–Trinajstić information content (AvgIpc) is 3.39. The van der Waals surface area contributed by atoms with E-state index >= 15 is 0 Å². The second-order valence-corrected chi connectivity index (χ2v) is 6.52. The highest BCUT2D eigenvalue weighted by atomic mass is 16.5. The number of hydrogen-bond acceptors (Lipinski definition) is 3. The monoisotopic (exact) mass is 313 g/mol. The second kappa shape index (κ2) is 7.01. The molecule has 122 valence electrons. The Balaban J connectivity index is 1.47. The van der Waals surface area contributed by atoms with Gasteiger partial charge in [0, 0.05) is 19.6 Å². The zero-order chi connectivity index (χ0) is 16.2. The molecule has 1 aliphatic carbocycles. The lowest BCUT2D eigenvalue weighted by molar-refractivity contribution is -0.0730. The molecule has 3 rings (SSSR count). The van der Waals surface area contributed by atoms with Gasteiger partial charge in [0.2, 0.25) is 0 Å². The molecule has 0 bridgehead atoms. The van der Waals surface area contributed by atoms with Gasteiger partial charge in [-0.05, 0) is 49.8 Å². The zero-order valence-corrected chi connectivity index (χ0v) is 13.5. The minimum absolute atomic E-state index is 0.0118. The molecule has 5 nitrogen and oxygen atoms in total. The molecule has 2 fully saturated rings. The zero-order valence-electron chi connectivity index (χ0n) is 13.5. The highest BCUT2D eigenvalue weighted by molar-refractivity contribution is 5.74. The molecular formula is C18H23N3O2. The van der Waals surface area contributed by atoms with Gasteiger partial charge in [0.15, 0.2) is 0 Å². The van der Waals surface area contributed by atoms with Gasteiger partial charge in [-0.15, -0.1) is 0 Å². The van der Waals surface area contributed by atoms with E-state index in [-0.39, 0.29) is 18.2 Å². The topological polar surface area (TPSA) is 65.4 Å². The fourth-order valence-corrected chi connectivity index (χ4v) is 3.10. The van der Waals surface area contributed by atoms with Crippen molar-refractivity contribution in [2.45, 2.75) is 38.4 Å². The first kappa shape index (κ1) is 15.8. The molecule has 1 saturated heterocycles. The summed E-state index contributed by atoms with van der Waals surface area (Å²) < 4.78 is 5.94. The van der Waals surface area contributed by atoms with Crippen molar-refractivity contribution in [2.24, 2.45) is 5.92 Å². The lowest BCUT2D eigenvalue weighted by Gasteiger charge is -2.37. The highest BCUT2D eigenvalue weighted by Crippen LogP contribution is 2.36. The molecule has 1 saturated carbocycles. The molecule has 1 aliphatic heterocycles. The lowest BCUT2D eigenvalue weighted by atomic mass is 10.1. The number of rotatable bonds is 4. The average molecular weight is 313 g/mol. The van der Waals surface area contributed by atoms with Crippen molar-refractivity contribution in [1.82, 2.24) is 10.2 Å². The molecule has 1 N–H and O–H groups in total. The number of carbonyl (C=O) groups excluding carboxylic acids is 1. The van der Waals surface area contributed by atoms with Crippen molar-refractivity contribution < 1.29 is 9.53 Å². The van der Waals surface area contributed by atoms with E-state index in [0.29, 0.717) is 31.1 Å². The molecule has 1 heterocycles. The van der Waals surface area contributed by atoms with E-state index in [0.717, 1.165) is 12.0 Å². The summed E-state index contributed by atoms with van der Waals surface area (Å²) in [6.07, 6.45) is 3.49. The van der Waals surface area contributed by atoms with Crippen molar-refractivity contribution in [3.63, 3.8) is 0 Å². The molecule has 1 aromatic carbocycles. The summed E-state index contributed by atoms with van der Waals surface area (Å²) in [5, 5.41) is 11.9. The van der Waals surface area contributed by atoms with Crippen LogP contribution in [0.3, 0.4) is 0 Å². The molecule has 2 aliphatic rings. The van der Waals surface area contributed by atoms with Gasteiger partial charge in [0.1, 0.15) is 0 Å². The molecule has 0 spiro atoms. The van der Waals surface area contributed by atoms with Crippen molar-refractivity contribution in [3.05, 3.63) is 35.4 Å². The van der Waals surface area contributed by atoms with E-state index < -0.39 is 0 Å². The quantitative estimate of drug-likeness (QED) is 0.927. The number of ether oxygens (including phenoxy) is 1. The predicted octanol–water partition coefficient (Wildman–Crippen LogP) is 2.31. The van der Waals surface area contributed by atoms with Crippen LogP contribution in [-0.2, 0) is 11.2 Å². The maximum absolute atomic E-state index is 12.4. The van der Waals surface area contributed by atoms with Crippen LogP contribution < -0.4 is 5.32 Å². The number of carbonyl (C=O) groups is 1. The Labute approximate surface area is 137 Å². The van der Waals surface area contributed by atoms with Crippen molar-refractivity contribution in [2.75, 3.05) is 19.6 Å². The molecule has 0 aromatic heterocycles. The van der Waals surface area contributed by atoms with Crippen LogP contribution in [0.25, 0.3) is 0 Å². The van der Waals surface area contributed by atoms with E-state index in [9.17, 15) is 4.79 Å². The minimum Gasteiger partial charge on any atom is -0.371 e. The standard InChI is InChI=1S/C18H23N3O2/c1-13-11-21(12-17(23-13)16-5-6-16)18(22)20-8-7-14-3-2-4-15(9-14)10-19/h2-4,9,13,16-17H,5-8,11-12H2,1H3,(H,20,22)/t13-,17+/m0/s1. The number of benzene rings is 1. The predicted molar refractivity (Wildman–Crippen MR) is 86.9 cm³/mol. The van der Waals surface area contributed by atoms with Crippen LogP contribution in [0.1, 0.15) is 30.9 Å². The molecule has 2 atom stereocenters. The summed E-state index contributed by atoms with van der Waals surface area (Å²) in [5.74, 6) is 0.641. The van der Waals surface area contributed by atoms with Gasteiger partial charge < -0.3 is 15.0 Å².